The largest absolute Gasteiger partial charge is 0.269 e. The molecular weight excluding hydrogens is 232 g/mol. The van der Waals surface area contributed by atoms with E-state index in [1.54, 1.807) is 29.9 Å². The molecule has 17 heavy (non-hydrogen) atoms. The van der Waals surface area contributed by atoms with Crippen LogP contribution in [0.5, 0.6) is 0 Å². The predicted molar refractivity (Wildman–Crippen MR) is 69.6 cm³/mol. The lowest BCUT2D eigenvalue weighted by molar-refractivity contribution is 0.760. The van der Waals surface area contributed by atoms with E-state index in [1.165, 1.54) is 0 Å². The van der Waals surface area contributed by atoms with Gasteiger partial charge >= 0.3 is 0 Å². The summed E-state index contributed by atoms with van der Waals surface area (Å²) < 4.78 is 2.98. The maximum absolute atomic E-state index is 4.48. The van der Waals surface area contributed by atoms with E-state index in [2.05, 4.69) is 15.1 Å². The highest BCUT2D eigenvalue weighted by atomic mass is 32.1. The van der Waals surface area contributed by atoms with Gasteiger partial charge in [-0.2, -0.15) is 5.10 Å². The third-order valence-corrected chi connectivity index (χ3v) is 3.46. The Morgan fingerprint density at radius 1 is 1.24 bits per heavy atom. The van der Waals surface area contributed by atoms with Gasteiger partial charge in [-0.15, -0.1) is 11.3 Å². The first-order chi connectivity index (χ1) is 8.33. The van der Waals surface area contributed by atoms with E-state index in [9.17, 15) is 0 Å². The van der Waals surface area contributed by atoms with Crippen molar-refractivity contribution in [2.75, 3.05) is 0 Å². The summed E-state index contributed by atoms with van der Waals surface area (Å²) in [7, 11) is 1.92. The van der Waals surface area contributed by atoms with E-state index >= 15 is 0 Å². The fourth-order valence-electron chi connectivity index (χ4n) is 1.57. The highest BCUT2D eigenvalue weighted by Gasteiger charge is 2.00. The van der Waals surface area contributed by atoms with Crippen LogP contribution in [0.1, 0.15) is 10.7 Å². The standard InChI is InChI=1S/C12H10N4S/c1-16-9(4-7-14-16)2-3-12-15-10-8-13-6-5-11(10)17-12/h2-8H,1H3/b3-2+. The zero-order valence-corrected chi connectivity index (χ0v) is 10.1. The molecule has 0 saturated heterocycles. The molecular formula is C12H10N4S. The molecule has 3 aromatic heterocycles. The van der Waals surface area contributed by atoms with Crippen molar-refractivity contribution in [1.82, 2.24) is 19.7 Å². The van der Waals surface area contributed by atoms with Gasteiger partial charge in [-0.1, -0.05) is 0 Å². The quantitative estimate of drug-likeness (QED) is 0.693. The molecule has 3 rings (SSSR count). The molecule has 0 aliphatic heterocycles. The van der Waals surface area contributed by atoms with Crippen molar-refractivity contribution in [1.29, 1.82) is 0 Å². The van der Waals surface area contributed by atoms with Gasteiger partial charge in [0.2, 0.25) is 0 Å². The molecule has 84 valence electrons. The van der Waals surface area contributed by atoms with Crippen LogP contribution in [0.2, 0.25) is 0 Å². The fraction of sp³-hybridized carbons (Fsp3) is 0.0833. The van der Waals surface area contributed by atoms with Crippen molar-refractivity contribution in [3.8, 4) is 0 Å². The lowest BCUT2D eigenvalue weighted by atomic mass is 10.4. The van der Waals surface area contributed by atoms with E-state index in [-0.39, 0.29) is 0 Å². The van der Waals surface area contributed by atoms with Gasteiger partial charge in [0, 0.05) is 19.4 Å². The van der Waals surface area contributed by atoms with Crippen molar-refractivity contribution in [2.24, 2.45) is 7.05 Å². The number of pyridine rings is 1. The summed E-state index contributed by atoms with van der Waals surface area (Å²) in [6, 6.07) is 3.94. The monoisotopic (exact) mass is 242 g/mol. The van der Waals surface area contributed by atoms with E-state index in [4.69, 9.17) is 0 Å². The van der Waals surface area contributed by atoms with Gasteiger partial charge in [0.1, 0.15) is 10.5 Å². The topological polar surface area (TPSA) is 43.6 Å². The molecule has 0 unspecified atom stereocenters. The molecule has 0 saturated carbocycles. The van der Waals surface area contributed by atoms with Crippen LogP contribution >= 0.6 is 11.3 Å². The van der Waals surface area contributed by atoms with Crippen molar-refractivity contribution in [3.05, 3.63) is 41.4 Å². The number of fused-ring (bicyclic) bond motifs is 1. The number of aryl methyl sites for hydroxylation is 1. The summed E-state index contributed by atoms with van der Waals surface area (Å²) >= 11 is 1.66. The Hall–Kier alpha value is -2.01. The zero-order chi connectivity index (χ0) is 11.7. The second-order valence-corrected chi connectivity index (χ2v) is 4.67. The van der Waals surface area contributed by atoms with Gasteiger partial charge in [-0.25, -0.2) is 4.98 Å². The average molecular weight is 242 g/mol. The normalized spacial score (nSPS) is 11.6. The summed E-state index contributed by atoms with van der Waals surface area (Å²) in [5.41, 5.74) is 2.00. The molecule has 5 heteroatoms. The van der Waals surface area contributed by atoms with Gasteiger partial charge < -0.3 is 0 Å². The Kier molecular flexibility index (Phi) is 2.45. The molecule has 0 radical (unpaired) electrons. The smallest absolute Gasteiger partial charge is 0.117 e. The highest BCUT2D eigenvalue weighted by Crippen LogP contribution is 2.22. The fourth-order valence-corrected chi connectivity index (χ4v) is 2.41. The van der Waals surface area contributed by atoms with Gasteiger partial charge in [-0.3, -0.25) is 9.67 Å². The Morgan fingerprint density at radius 2 is 2.18 bits per heavy atom. The Bertz CT molecular complexity index is 647. The van der Waals surface area contributed by atoms with Crippen LogP contribution in [0.25, 0.3) is 22.4 Å². The minimum absolute atomic E-state index is 0.946. The minimum atomic E-state index is 0.946. The SMILES string of the molecule is Cn1nccc1/C=C/c1nc2cnccc2s1. The molecule has 0 aliphatic rings. The molecule has 4 nitrogen and oxygen atoms in total. The van der Waals surface area contributed by atoms with Crippen LogP contribution in [-0.4, -0.2) is 19.7 Å². The lowest BCUT2D eigenvalue weighted by Gasteiger charge is -1.91. The zero-order valence-electron chi connectivity index (χ0n) is 9.24. The molecule has 0 fully saturated rings. The summed E-state index contributed by atoms with van der Waals surface area (Å²) in [6.45, 7) is 0. The summed E-state index contributed by atoms with van der Waals surface area (Å²) in [5, 5.41) is 5.09. The third-order valence-electron chi connectivity index (χ3n) is 2.46. The lowest BCUT2D eigenvalue weighted by Crippen LogP contribution is -1.91. The predicted octanol–water partition coefficient (Wildman–Crippen LogP) is 2.60. The van der Waals surface area contributed by atoms with Crippen LogP contribution in [0.3, 0.4) is 0 Å². The van der Waals surface area contributed by atoms with Crippen LogP contribution in [0, 0.1) is 0 Å². The van der Waals surface area contributed by atoms with Gasteiger partial charge in [0.25, 0.3) is 0 Å². The molecule has 0 aliphatic carbocycles. The molecule has 0 atom stereocenters. The third kappa shape index (κ3) is 1.97. The van der Waals surface area contributed by atoms with Crippen LogP contribution in [0.15, 0.2) is 30.7 Å². The molecule has 0 bridgehead atoms. The Balaban J connectivity index is 1.95. The van der Waals surface area contributed by atoms with E-state index in [1.807, 2.05) is 36.0 Å². The highest BCUT2D eigenvalue weighted by molar-refractivity contribution is 7.19. The minimum Gasteiger partial charge on any atom is -0.269 e. The Morgan fingerprint density at radius 3 is 2.94 bits per heavy atom. The van der Waals surface area contributed by atoms with Crippen molar-refractivity contribution in [2.45, 2.75) is 0 Å². The first-order valence-corrected chi connectivity index (χ1v) is 6.01. The first kappa shape index (κ1) is 10.2. The summed E-state index contributed by atoms with van der Waals surface area (Å²) in [5.74, 6) is 0. The first-order valence-electron chi connectivity index (χ1n) is 5.19. The second kappa shape index (κ2) is 4.10. The Labute approximate surface area is 102 Å². The molecule has 0 spiro atoms. The van der Waals surface area contributed by atoms with Gasteiger partial charge in [0.15, 0.2) is 0 Å². The summed E-state index contributed by atoms with van der Waals surface area (Å²) in [6.07, 6.45) is 9.37. The van der Waals surface area contributed by atoms with Crippen LogP contribution in [-0.2, 0) is 7.05 Å². The number of hydrogen-bond donors (Lipinski definition) is 0. The molecule has 3 heterocycles. The number of nitrogens with zero attached hydrogens (tertiary/aromatic N) is 4. The molecule has 0 amide bonds. The molecule has 3 aromatic rings. The van der Waals surface area contributed by atoms with E-state index < -0.39 is 0 Å². The number of aromatic nitrogens is 4. The average Bonchev–Trinajstić information content (AvgIpc) is 2.92. The van der Waals surface area contributed by atoms with Gasteiger partial charge in [-0.05, 0) is 24.3 Å². The van der Waals surface area contributed by atoms with Crippen molar-refractivity contribution in [3.63, 3.8) is 0 Å². The van der Waals surface area contributed by atoms with Crippen LogP contribution < -0.4 is 0 Å². The van der Waals surface area contributed by atoms with Gasteiger partial charge in [0.05, 0.1) is 16.6 Å². The van der Waals surface area contributed by atoms with E-state index in [0.29, 0.717) is 0 Å². The van der Waals surface area contributed by atoms with Crippen LogP contribution in [0.4, 0.5) is 0 Å². The maximum Gasteiger partial charge on any atom is 0.117 e. The molecule has 0 N–H and O–H groups in total. The number of thiazole rings is 1. The van der Waals surface area contributed by atoms with Crippen molar-refractivity contribution >= 4 is 33.7 Å². The second-order valence-electron chi connectivity index (χ2n) is 3.61. The number of rotatable bonds is 2. The maximum atomic E-state index is 4.48. The number of hydrogen-bond acceptors (Lipinski definition) is 4. The summed E-state index contributed by atoms with van der Waals surface area (Å²) in [4.78, 5) is 8.54. The van der Waals surface area contributed by atoms with E-state index in [0.717, 1.165) is 20.9 Å². The molecule has 0 aromatic carbocycles. The van der Waals surface area contributed by atoms with Crippen molar-refractivity contribution < 1.29 is 0 Å².